The first kappa shape index (κ1) is 15.7. The van der Waals surface area contributed by atoms with Gasteiger partial charge in [-0.25, -0.2) is 14.8 Å². The van der Waals surface area contributed by atoms with Gasteiger partial charge in [-0.1, -0.05) is 12.8 Å². The van der Waals surface area contributed by atoms with Crippen molar-refractivity contribution in [3.8, 4) is 0 Å². The van der Waals surface area contributed by atoms with Gasteiger partial charge in [0, 0.05) is 18.8 Å². The lowest BCUT2D eigenvalue weighted by Crippen LogP contribution is -2.46. The third-order valence-electron chi connectivity index (χ3n) is 4.90. The second-order valence-corrected chi connectivity index (χ2v) is 6.38. The number of carboxylic acid groups (broad SMARTS) is 1. The maximum Gasteiger partial charge on any atom is 0.326 e. The lowest BCUT2D eigenvalue weighted by Gasteiger charge is -2.32. The average Bonchev–Trinajstić information content (AvgIpc) is 2.93. The minimum absolute atomic E-state index is 0.0191. The quantitative estimate of drug-likeness (QED) is 0.880. The largest absolute Gasteiger partial charge is 0.480 e. The first-order valence-corrected chi connectivity index (χ1v) is 8.10. The summed E-state index contributed by atoms with van der Waals surface area (Å²) in [7, 11) is 1.69. The van der Waals surface area contributed by atoms with E-state index in [2.05, 4.69) is 15.3 Å². The van der Waals surface area contributed by atoms with E-state index >= 15 is 0 Å². The summed E-state index contributed by atoms with van der Waals surface area (Å²) in [5.41, 5.74) is 0.943. The number of carbonyl (C=O) groups excluding carboxylic acids is 1. The molecule has 1 aliphatic carbocycles. The van der Waals surface area contributed by atoms with Crippen LogP contribution in [0.15, 0.2) is 6.07 Å². The number of carboxylic acids is 1. The van der Waals surface area contributed by atoms with Crippen molar-refractivity contribution in [2.45, 2.75) is 51.1 Å². The summed E-state index contributed by atoms with van der Waals surface area (Å²) in [4.78, 5) is 34.6. The molecule has 2 heterocycles. The molecule has 7 nitrogen and oxygen atoms in total. The van der Waals surface area contributed by atoms with Crippen LogP contribution in [0.1, 0.15) is 48.3 Å². The summed E-state index contributed by atoms with van der Waals surface area (Å²) in [6, 6.07) is 0.896. The maximum absolute atomic E-state index is 13.0. The Balaban J connectivity index is 1.95. The van der Waals surface area contributed by atoms with Crippen molar-refractivity contribution in [2.75, 3.05) is 12.4 Å². The molecule has 3 rings (SSSR count). The first-order chi connectivity index (χ1) is 11.0. The van der Waals surface area contributed by atoms with E-state index in [0.29, 0.717) is 24.0 Å². The zero-order valence-electron chi connectivity index (χ0n) is 13.5. The molecule has 0 aromatic carbocycles. The monoisotopic (exact) mass is 318 g/mol. The van der Waals surface area contributed by atoms with E-state index < -0.39 is 12.0 Å². The number of rotatable bonds is 3. The highest BCUT2D eigenvalue weighted by molar-refractivity contribution is 5.96. The summed E-state index contributed by atoms with van der Waals surface area (Å²) in [6.45, 7) is 1.79. The molecule has 1 aliphatic heterocycles. The third-order valence-corrected chi connectivity index (χ3v) is 4.90. The molecule has 23 heavy (non-hydrogen) atoms. The minimum Gasteiger partial charge on any atom is -0.480 e. The molecular weight excluding hydrogens is 296 g/mol. The summed E-state index contributed by atoms with van der Waals surface area (Å²) < 4.78 is 0. The zero-order chi connectivity index (χ0) is 16.6. The number of aryl methyl sites for hydroxylation is 1. The lowest BCUT2D eigenvalue weighted by molar-refractivity contribution is -0.141. The van der Waals surface area contributed by atoms with Crippen molar-refractivity contribution >= 4 is 17.8 Å². The van der Waals surface area contributed by atoms with Crippen LogP contribution in [0.2, 0.25) is 0 Å². The van der Waals surface area contributed by atoms with E-state index in [1.165, 1.54) is 0 Å². The van der Waals surface area contributed by atoms with Gasteiger partial charge in [0.05, 0.1) is 0 Å². The molecule has 1 saturated heterocycles. The molecule has 2 N–H and O–H groups in total. The Bertz CT molecular complexity index is 634. The molecule has 3 unspecified atom stereocenters. The molecule has 7 heteroatoms. The Morgan fingerprint density at radius 1 is 1.30 bits per heavy atom. The fourth-order valence-electron chi connectivity index (χ4n) is 3.89. The maximum atomic E-state index is 13.0. The molecule has 0 bridgehead atoms. The molecule has 3 atom stereocenters. The molecule has 124 valence electrons. The van der Waals surface area contributed by atoms with Crippen LogP contribution in [-0.4, -0.2) is 51.0 Å². The van der Waals surface area contributed by atoms with Crippen LogP contribution in [0.25, 0.3) is 0 Å². The van der Waals surface area contributed by atoms with Crippen LogP contribution >= 0.6 is 0 Å². The van der Waals surface area contributed by atoms with E-state index in [-0.39, 0.29) is 17.6 Å². The number of likely N-dealkylation sites (tertiary alicyclic amines) is 1. The summed E-state index contributed by atoms with van der Waals surface area (Å²) in [5.74, 6) is -0.554. The normalized spacial score (nSPS) is 26.7. The van der Waals surface area contributed by atoms with Crippen molar-refractivity contribution < 1.29 is 14.7 Å². The number of anilines is 1. The van der Waals surface area contributed by atoms with Gasteiger partial charge in [-0.15, -0.1) is 0 Å². The molecule has 2 fully saturated rings. The number of hydrogen-bond acceptors (Lipinski definition) is 5. The number of fused-ring (bicyclic) bond motifs is 1. The highest BCUT2D eigenvalue weighted by atomic mass is 16.4. The van der Waals surface area contributed by atoms with Crippen molar-refractivity contribution in [1.29, 1.82) is 0 Å². The molecule has 1 amide bonds. The highest BCUT2D eigenvalue weighted by Gasteiger charge is 2.48. The van der Waals surface area contributed by atoms with Crippen molar-refractivity contribution in [2.24, 2.45) is 5.92 Å². The minimum atomic E-state index is -0.924. The van der Waals surface area contributed by atoms with Crippen molar-refractivity contribution in [3.05, 3.63) is 17.5 Å². The molecule has 2 aliphatic rings. The smallest absolute Gasteiger partial charge is 0.326 e. The van der Waals surface area contributed by atoms with Gasteiger partial charge in [0.1, 0.15) is 11.7 Å². The van der Waals surface area contributed by atoms with Crippen molar-refractivity contribution in [3.63, 3.8) is 0 Å². The predicted octanol–water partition coefficient (Wildman–Crippen LogP) is 1.68. The number of nitrogens with one attached hydrogen (secondary N) is 1. The van der Waals surface area contributed by atoms with E-state index in [4.69, 9.17) is 0 Å². The average molecular weight is 318 g/mol. The van der Waals surface area contributed by atoms with Gasteiger partial charge in [-0.05, 0) is 38.2 Å². The van der Waals surface area contributed by atoms with Gasteiger partial charge in [0.15, 0.2) is 0 Å². The third kappa shape index (κ3) is 2.87. The second-order valence-electron chi connectivity index (χ2n) is 6.38. The van der Waals surface area contributed by atoms with Crippen LogP contribution in [0.3, 0.4) is 0 Å². The van der Waals surface area contributed by atoms with Crippen LogP contribution in [0.4, 0.5) is 5.95 Å². The highest BCUT2D eigenvalue weighted by Crippen LogP contribution is 2.40. The van der Waals surface area contributed by atoms with Crippen LogP contribution in [0.5, 0.6) is 0 Å². The number of hydrogen-bond donors (Lipinski definition) is 2. The number of carbonyl (C=O) groups is 2. The predicted molar refractivity (Wildman–Crippen MR) is 84.3 cm³/mol. The molecule has 0 radical (unpaired) electrons. The van der Waals surface area contributed by atoms with E-state index in [1.54, 1.807) is 24.9 Å². The Kier molecular flexibility index (Phi) is 4.19. The fraction of sp³-hybridized carbons (Fsp3) is 0.625. The van der Waals surface area contributed by atoms with Gasteiger partial charge >= 0.3 is 5.97 Å². The molecule has 0 spiro atoms. The van der Waals surface area contributed by atoms with Crippen molar-refractivity contribution in [1.82, 2.24) is 14.9 Å². The Morgan fingerprint density at radius 2 is 2.04 bits per heavy atom. The van der Waals surface area contributed by atoms with Gasteiger partial charge in [-0.2, -0.15) is 0 Å². The second kappa shape index (κ2) is 6.14. The Hall–Kier alpha value is -2.18. The lowest BCUT2D eigenvalue weighted by atomic mass is 9.84. The van der Waals surface area contributed by atoms with Crippen LogP contribution < -0.4 is 5.32 Å². The summed E-state index contributed by atoms with van der Waals surface area (Å²) in [6.07, 6.45) is 4.59. The van der Waals surface area contributed by atoms with Gasteiger partial charge < -0.3 is 15.3 Å². The Morgan fingerprint density at radius 3 is 2.74 bits per heavy atom. The van der Waals surface area contributed by atoms with Crippen LogP contribution in [0, 0.1) is 12.8 Å². The number of amides is 1. The standard InChI is InChI=1S/C16H22N4O3/c1-9-7-11(19-16(17-2)18-9)14(21)20-12-6-4-3-5-10(12)8-13(20)15(22)23/h7,10,12-13H,3-6,8H2,1-2H3,(H,22,23)(H,17,18,19). The van der Waals surface area contributed by atoms with Gasteiger partial charge in [0.25, 0.3) is 5.91 Å². The number of nitrogens with zero attached hydrogens (tertiary/aromatic N) is 3. The van der Waals surface area contributed by atoms with E-state index in [0.717, 1.165) is 25.7 Å². The SMILES string of the molecule is CNc1nc(C)cc(C(=O)N2C(C(=O)O)CC3CCCCC32)n1. The molecule has 1 saturated carbocycles. The van der Waals surface area contributed by atoms with Gasteiger partial charge in [-0.3, -0.25) is 4.79 Å². The topological polar surface area (TPSA) is 95.4 Å². The fourth-order valence-corrected chi connectivity index (χ4v) is 3.89. The first-order valence-electron chi connectivity index (χ1n) is 8.10. The molecule has 1 aromatic rings. The van der Waals surface area contributed by atoms with Crippen LogP contribution in [-0.2, 0) is 4.79 Å². The molecular formula is C16H22N4O3. The summed E-state index contributed by atoms with van der Waals surface area (Å²) >= 11 is 0. The summed E-state index contributed by atoms with van der Waals surface area (Å²) in [5, 5.41) is 12.4. The number of aliphatic carboxylic acids is 1. The number of aromatic nitrogens is 2. The molecule has 1 aromatic heterocycles. The van der Waals surface area contributed by atoms with E-state index in [1.807, 2.05) is 0 Å². The van der Waals surface area contributed by atoms with E-state index in [9.17, 15) is 14.7 Å². The Labute approximate surface area is 135 Å². The zero-order valence-corrected chi connectivity index (χ0v) is 13.5. The van der Waals surface area contributed by atoms with Gasteiger partial charge in [0.2, 0.25) is 5.95 Å².